The summed E-state index contributed by atoms with van der Waals surface area (Å²) in [5, 5.41) is 0. The average molecular weight is 188 g/mol. The third-order valence-corrected chi connectivity index (χ3v) is 2.61. The highest BCUT2D eigenvalue weighted by Gasteiger charge is 2.22. The van der Waals surface area contributed by atoms with E-state index in [1.807, 2.05) is 0 Å². The van der Waals surface area contributed by atoms with Crippen LogP contribution in [0.25, 0.3) is 0 Å². The first-order valence-electron chi connectivity index (χ1n) is 3.40. The number of rotatable bonds is 3. The largest absolute Gasteiger partial charge is 0.377 e. The molecule has 0 saturated heterocycles. The van der Waals surface area contributed by atoms with Gasteiger partial charge in [-0.05, 0) is 13.0 Å². The van der Waals surface area contributed by atoms with Gasteiger partial charge in [0.2, 0.25) is 0 Å². The summed E-state index contributed by atoms with van der Waals surface area (Å²) in [5.74, 6) is 0. The van der Waals surface area contributed by atoms with E-state index in [4.69, 9.17) is 0 Å². The maximum Gasteiger partial charge on any atom is 0.377 e. The van der Waals surface area contributed by atoms with Crippen LogP contribution in [-0.2, 0) is 9.09 Å². The van der Waals surface area contributed by atoms with Crippen molar-refractivity contribution in [3.63, 3.8) is 0 Å². The normalized spacial score (nSPS) is 15.5. The Kier molecular flexibility index (Phi) is 2.92. The van der Waals surface area contributed by atoms with Crippen LogP contribution >= 0.6 is 7.60 Å². The summed E-state index contributed by atoms with van der Waals surface area (Å²) in [6.45, 7) is 1.82. The fraction of sp³-hybridized carbons (Fsp3) is 0.333. The van der Waals surface area contributed by atoms with E-state index >= 15 is 0 Å². The zero-order valence-electron chi connectivity index (χ0n) is 6.54. The smallest absolute Gasteiger partial charge is 0.320 e. The zero-order valence-corrected chi connectivity index (χ0v) is 7.44. The number of hydrogen-bond acceptors (Lipinski definition) is 4. The fourth-order valence-electron chi connectivity index (χ4n) is 0.692. The second-order valence-corrected chi connectivity index (χ2v) is 3.76. The van der Waals surface area contributed by atoms with Crippen molar-refractivity contribution in [2.24, 2.45) is 0 Å². The average Bonchev–Trinajstić information content (AvgIpc) is 2.06. The van der Waals surface area contributed by atoms with E-state index in [-0.39, 0.29) is 12.0 Å². The number of hydrogen-bond donors (Lipinski definition) is 1. The molecule has 66 valence electrons. The predicted molar refractivity (Wildman–Crippen MR) is 43.1 cm³/mol. The van der Waals surface area contributed by atoms with Gasteiger partial charge >= 0.3 is 7.60 Å². The molecule has 12 heavy (non-hydrogen) atoms. The third kappa shape index (κ3) is 2.11. The van der Waals surface area contributed by atoms with Crippen LogP contribution in [0.2, 0.25) is 0 Å². The van der Waals surface area contributed by atoms with Crippen LogP contribution in [0.3, 0.4) is 0 Å². The van der Waals surface area contributed by atoms with E-state index in [0.717, 1.165) is 0 Å². The van der Waals surface area contributed by atoms with Gasteiger partial charge in [-0.25, -0.2) is 9.97 Å². The molecule has 0 bridgehead atoms. The molecule has 1 aromatic heterocycles. The van der Waals surface area contributed by atoms with Crippen molar-refractivity contribution in [3.05, 3.63) is 18.6 Å². The molecule has 0 radical (unpaired) electrons. The van der Waals surface area contributed by atoms with Crippen LogP contribution in [0, 0.1) is 0 Å². The molecule has 0 saturated carbocycles. The highest BCUT2D eigenvalue weighted by Crippen LogP contribution is 2.38. The molecule has 0 spiro atoms. The van der Waals surface area contributed by atoms with Gasteiger partial charge in [0.1, 0.15) is 6.33 Å². The van der Waals surface area contributed by atoms with Crippen LogP contribution in [-0.4, -0.2) is 21.5 Å². The van der Waals surface area contributed by atoms with Crippen molar-refractivity contribution in [2.45, 2.75) is 6.92 Å². The summed E-state index contributed by atoms with van der Waals surface area (Å²) in [6, 6.07) is 1.36. The maximum absolute atomic E-state index is 11.3. The van der Waals surface area contributed by atoms with Gasteiger partial charge in [-0.2, -0.15) is 0 Å². The van der Waals surface area contributed by atoms with E-state index in [2.05, 4.69) is 14.5 Å². The van der Waals surface area contributed by atoms with Crippen molar-refractivity contribution in [1.82, 2.24) is 9.97 Å². The lowest BCUT2D eigenvalue weighted by atomic mass is 10.7. The van der Waals surface area contributed by atoms with E-state index in [0.29, 0.717) is 0 Å². The van der Waals surface area contributed by atoms with E-state index in [1.54, 1.807) is 6.92 Å². The number of nitrogens with zero attached hydrogens (tertiary/aromatic N) is 2. The molecule has 1 N–H and O–H groups in total. The lowest BCUT2D eigenvalue weighted by molar-refractivity contribution is 0.283. The fourth-order valence-corrected chi connectivity index (χ4v) is 1.63. The minimum atomic E-state index is -3.70. The summed E-state index contributed by atoms with van der Waals surface area (Å²) in [4.78, 5) is 16.5. The van der Waals surface area contributed by atoms with Gasteiger partial charge in [0, 0.05) is 6.20 Å². The van der Waals surface area contributed by atoms with E-state index in [1.165, 1.54) is 18.6 Å². The topological polar surface area (TPSA) is 72.3 Å². The lowest BCUT2D eigenvalue weighted by Gasteiger charge is -2.08. The molecule has 1 atom stereocenters. The van der Waals surface area contributed by atoms with Gasteiger partial charge < -0.3 is 9.42 Å². The van der Waals surface area contributed by atoms with Gasteiger partial charge in [0.15, 0.2) is 5.44 Å². The first-order valence-corrected chi connectivity index (χ1v) is 4.98. The van der Waals surface area contributed by atoms with Crippen LogP contribution in [0.5, 0.6) is 0 Å². The molecule has 0 fully saturated rings. The maximum atomic E-state index is 11.3. The summed E-state index contributed by atoms with van der Waals surface area (Å²) >= 11 is 0. The molecular weight excluding hydrogens is 179 g/mol. The molecule has 0 aliphatic carbocycles. The summed E-state index contributed by atoms with van der Waals surface area (Å²) in [7, 11) is -3.70. The van der Waals surface area contributed by atoms with Crippen molar-refractivity contribution in [1.29, 1.82) is 0 Å². The summed E-state index contributed by atoms with van der Waals surface area (Å²) in [5.41, 5.74) is 0.0272. The Morgan fingerprint density at radius 2 is 2.50 bits per heavy atom. The molecular formula is C6H9N2O3P. The predicted octanol–water partition coefficient (Wildman–Crippen LogP) is 0.324. The molecule has 0 aliphatic rings. The molecule has 1 unspecified atom stereocenters. The Bertz CT molecular complexity index is 290. The van der Waals surface area contributed by atoms with Crippen molar-refractivity contribution in [3.8, 4) is 0 Å². The first kappa shape index (κ1) is 9.32. The molecule has 6 heteroatoms. The minimum Gasteiger partial charge on any atom is -0.320 e. The summed E-state index contributed by atoms with van der Waals surface area (Å²) in [6.07, 6.45) is 2.60. The van der Waals surface area contributed by atoms with Crippen LogP contribution in [0.1, 0.15) is 6.92 Å². The Balaban J connectivity index is 2.90. The molecule has 0 aromatic carbocycles. The lowest BCUT2D eigenvalue weighted by Crippen LogP contribution is -2.10. The van der Waals surface area contributed by atoms with Crippen molar-refractivity contribution >= 4 is 13.0 Å². The number of aromatic nitrogens is 2. The van der Waals surface area contributed by atoms with Gasteiger partial charge in [-0.15, -0.1) is 0 Å². The van der Waals surface area contributed by atoms with Crippen LogP contribution < -0.4 is 5.44 Å². The Morgan fingerprint density at radius 3 is 3.00 bits per heavy atom. The second kappa shape index (κ2) is 3.76. The van der Waals surface area contributed by atoms with Crippen LogP contribution in [0.4, 0.5) is 0 Å². The minimum absolute atomic E-state index is 0.0272. The first-order chi connectivity index (χ1) is 5.67. The Labute approximate surface area is 70.0 Å². The van der Waals surface area contributed by atoms with Gasteiger partial charge in [-0.3, -0.25) is 4.57 Å². The molecule has 0 amide bonds. The second-order valence-electron chi connectivity index (χ2n) is 2.01. The SMILES string of the molecule is CCOP(=O)(O)c1ccncn1. The molecule has 1 heterocycles. The molecule has 5 nitrogen and oxygen atoms in total. The Morgan fingerprint density at radius 1 is 1.75 bits per heavy atom. The standard InChI is InChI=1S/C6H9N2O3P/c1-2-11-12(9,10)6-3-4-7-5-8-6/h3-5H,2H2,1H3,(H,9,10). The molecule has 1 rings (SSSR count). The monoisotopic (exact) mass is 188 g/mol. The van der Waals surface area contributed by atoms with Crippen molar-refractivity contribution in [2.75, 3.05) is 6.61 Å². The van der Waals surface area contributed by atoms with Gasteiger partial charge in [0.05, 0.1) is 6.61 Å². The van der Waals surface area contributed by atoms with Crippen LogP contribution in [0.15, 0.2) is 18.6 Å². The van der Waals surface area contributed by atoms with E-state index in [9.17, 15) is 9.46 Å². The Hall–Kier alpha value is -0.770. The third-order valence-electron chi connectivity index (χ3n) is 1.16. The molecule has 0 aliphatic heterocycles. The highest BCUT2D eigenvalue weighted by atomic mass is 31.2. The highest BCUT2D eigenvalue weighted by molar-refractivity contribution is 7.60. The summed E-state index contributed by atoms with van der Waals surface area (Å²) < 4.78 is 15.9. The van der Waals surface area contributed by atoms with Crippen molar-refractivity contribution < 1.29 is 14.0 Å². The van der Waals surface area contributed by atoms with Gasteiger partial charge in [-0.1, -0.05) is 0 Å². The quantitative estimate of drug-likeness (QED) is 0.691. The molecule has 1 aromatic rings. The van der Waals surface area contributed by atoms with E-state index < -0.39 is 7.60 Å². The van der Waals surface area contributed by atoms with Gasteiger partial charge in [0.25, 0.3) is 0 Å². The zero-order chi connectivity index (χ0) is 9.03.